The Kier molecular flexibility index (Phi) is 4.68. The molecule has 0 aliphatic heterocycles. The molecular formula is C13H17NO2. The maximum Gasteiger partial charge on any atom is 0.165 e. The van der Waals surface area contributed by atoms with Crippen LogP contribution in [-0.2, 0) is 6.42 Å². The van der Waals surface area contributed by atoms with Gasteiger partial charge in [0, 0.05) is 6.04 Å². The van der Waals surface area contributed by atoms with Gasteiger partial charge < -0.3 is 15.2 Å². The lowest BCUT2D eigenvalue weighted by Gasteiger charge is -2.14. The van der Waals surface area contributed by atoms with Crippen LogP contribution < -0.4 is 15.2 Å². The van der Waals surface area contributed by atoms with E-state index < -0.39 is 0 Å². The van der Waals surface area contributed by atoms with E-state index in [9.17, 15) is 0 Å². The summed E-state index contributed by atoms with van der Waals surface area (Å²) in [7, 11) is 1.60. The van der Waals surface area contributed by atoms with E-state index in [4.69, 9.17) is 21.6 Å². The molecule has 16 heavy (non-hydrogen) atoms. The van der Waals surface area contributed by atoms with Crippen molar-refractivity contribution in [3.05, 3.63) is 23.8 Å². The molecule has 86 valence electrons. The monoisotopic (exact) mass is 219 g/mol. The molecule has 0 spiro atoms. The van der Waals surface area contributed by atoms with Crippen LogP contribution in [0.2, 0.25) is 0 Å². The third-order valence-electron chi connectivity index (χ3n) is 2.12. The largest absolute Gasteiger partial charge is 0.493 e. The summed E-state index contributed by atoms with van der Waals surface area (Å²) in [6.45, 7) is 2.18. The van der Waals surface area contributed by atoms with Crippen molar-refractivity contribution < 1.29 is 9.47 Å². The molecule has 0 aromatic heterocycles. The van der Waals surface area contributed by atoms with Gasteiger partial charge in [-0.2, -0.15) is 0 Å². The third-order valence-corrected chi connectivity index (χ3v) is 2.12. The van der Waals surface area contributed by atoms with Crippen molar-refractivity contribution in [1.29, 1.82) is 0 Å². The van der Waals surface area contributed by atoms with E-state index in [2.05, 4.69) is 5.92 Å². The number of methoxy groups -OCH3 is 1. The van der Waals surface area contributed by atoms with Crippen molar-refractivity contribution in [2.24, 2.45) is 5.73 Å². The molecule has 0 bridgehead atoms. The van der Waals surface area contributed by atoms with E-state index in [0.29, 0.717) is 11.5 Å². The Morgan fingerprint density at radius 2 is 2.25 bits per heavy atom. The Bertz CT molecular complexity index is 380. The number of rotatable bonds is 5. The molecule has 3 nitrogen and oxygen atoms in total. The maximum atomic E-state index is 5.78. The van der Waals surface area contributed by atoms with Gasteiger partial charge in [-0.1, -0.05) is 18.1 Å². The molecule has 0 heterocycles. The first kappa shape index (κ1) is 12.4. The van der Waals surface area contributed by atoms with Gasteiger partial charge in [0.15, 0.2) is 11.5 Å². The molecule has 2 N–H and O–H groups in total. The van der Waals surface area contributed by atoms with Crippen LogP contribution in [0.4, 0.5) is 0 Å². The fraction of sp³-hybridized carbons (Fsp3) is 0.385. The van der Waals surface area contributed by atoms with Crippen LogP contribution in [0.25, 0.3) is 0 Å². The molecule has 1 unspecified atom stereocenters. The zero-order chi connectivity index (χ0) is 12.0. The molecule has 1 atom stereocenters. The number of terminal acetylenes is 1. The zero-order valence-electron chi connectivity index (χ0n) is 9.69. The molecule has 3 heteroatoms. The standard InChI is InChI=1S/C13H17NO2/c1-4-8-16-13-11(9-10(2)14)6-5-7-12(13)15-3/h1,5-7,10H,8-9,14H2,2-3H3. The fourth-order valence-electron chi connectivity index (χ4n) is 1.51. The Balaban J connectivity index is 3.00. The third kappa shape index (κ3) is 3.18. The quantitative estimate of drug-likeness (QED) is 0.765. The first-order chi connectivity index (χ1) is 7.69. The van der Waals surface area contributed by atoms with E-state index in [1.807, 2.05) is 25.1 Å². The summed E-state index contributed by atoms with van der Waals surface area (Å²) in [5.74, 6) is 3.82. The van der Waals surface area contributed by atoms with Crippen molar-refractivity contribution >= 4 is 0 Å². The van der Waals surface area contributed by atoms with Gasteiger partial charge in [-0.15, -0.1) is 6.42 Å². The van der Waals surface area contributed by atoms with Gasteiger partial charge in [-0.3, -0.25) is 0 Å². The van der Waals surface area contributed by atoms with Crippen molar-refractivity contribution in [2.75, 3.05) is 13.7 Å². The predicted molar refractivity (Wildman–Crippen MR) is 64.7 cm³/mol. The maximum absolute atomic E-state index is 5.78. The molecule has 1 rings (SSSR count). The topological polar surface area (TPSA) is 44.5 Å². The van der Waals surface area contributed by atoms with Gasteiger partial charge in [0.25, 0.3) is 0 Å². The summed E-state index contributed by atoms with van der Waals surface area (Å²) in [5, 5.41) is 0. The fourth-order valence-corrected chi connectivity index (χ4v) is 1.51. The van der Waals surface area contributed by atoms with E-state index in [1.165, 1.54) is 0 Å². The molecule has 0 amide bonds. The molecule has 0 aliphatic rings. The lowest BCUT2D eigenvalue weighted by molar-refractivity contribution is 0.327. The highest BCUT2D eigenvalue weighted by Crippen LogP contribution is 2.31. The van der Waals surface area contributed by atoms with Crippen molar-refractivity contribution in [3.8, 4) is 23.8 Å². The summed E-state index contributed by atoms with van der Waals surface area (Å²) in [6.07, 6.45) is 5.91. The second-order valence-electron chi connectivity index (χ2n) is 3.62. The van der Waals surface area contributed by atoms with Crippen molar-refractivity contribution in [1.82, 2.24) is 0 Å². The van der Waals surface area contributed by atoms with Crippen LogP contribution in [-0.4, -0.2) is 19.8 Å². The van der Waals surface area contributed by atoms with Gasteiger partial charge in [0.05, 0.1) is 7.11 Å². The molecule has 0 aliphatic carbocycles. The van der Waals surface area contributed by atoms with E-state index in [0.717, 1.165) is 12.0 Å². The second kappa shape index (κ2) is 6.04. The number of ether oxygens (including phenoxy) is 2. The van der Waals surface area contributed by atoms with Gasteiger partial charge in [-0.05, 0) is 25.0 Å². The van der Waals surface area contributed by atoms with E-state index in [1.54, 1.807) is 7.11 Å². The van der Waals surface area contributed by atoms with Crippen LogP contribution in [0.1, 0.15) is 12.5 Å². The smallest absolute Gasteiger partial charge is 0.165 e. The minimum atomic E-state index is 0.0697. The SMILES string of the molecule is C#CCOc1c(CC(C)N)cccc1OC. The van der Waals surface area contributed by atoms with Gasteiger partial charge in [0.1, 0.15) is 6.61 Å². The average Bonchev–Trinajstić information content (AvgIpc) is 2.26. The zero-order valence-corrected chi connectivity index (χ0v) is 9.69. The van der Waals surface area contributed by atoms with Gasteiger partial charge in [-0.25, -0.2) is 0 Å². The minimum absolute atomic E-state index is 0.0697. The highest BCUT2D eigenvalue weighted by Gasteiger charge is 2.11. The first-order valence-corrected chi connectivity index (χ1v) is 5.16. The van der Waals surface area contributed by atoms with Crippen LogP contribution >= 0.6 is 0 Å². The highest BCUT2D eigenvalue weighted by molar-refractivity contribution is 5.47. The molecule has 0 radical (unpaired) electrons. The Morgan fingerprint density at radius 3 is 2.81 bits per heavy atom. The Labute approximate surface area is 96.6 Å². The Morgan fingerprint density at radius 1 is 1.50 bits per heavy atom. The molecule has 0 fully saturated rings. The molecule has 0 saturated heterocycles. The van der Waals surface area contributed by atoms with E-state index >= 15 is 0 Å². The van der Waals surface area contributed by atoms with Crippen LogP contribution in [0, 0.1) is 12.3 Å². The summed E-state index contributed by atoms with van der Waals surface area (Å²) in [4.78, 5) is 0. The number of hydrogen-bond acceptors (Lipinski definition) is 3. The summed E-state index contributed by atoms with van der Waals surface area (Å²) in [6, 6.07) is 5.80. The molecule has 0 saturated carbocycles. The number of nitrogens with two attached hydrogens (primary N) is 1. The molecule has 1 aromatic rings. The highest BCUT2D eigenvalue weighted by atomic mass is 16.5. The predicted octanol–water partition coefficient (Wildman–Crippen LogP) is 1.60. The Hall–Kier alpha value is -1.66. The van der Waals surface area contributed by atoms with Crippen LogP contribution in [0.3, 0.4) is 0 Å². The second-order valence-corrected chi connectivity index (χ2v) is 3.62. The molecule has 1 aromatic carbocycles. The van der Waals surface area contributed by atoms with Crippen molar-refractivity contribution in [3.63, 3.8) is 0 Å². The lowest BCUT2D eigenvalue weighted by Crippen LogP contribution is -2.18. The number of hydrogen-bond donors (Lipinski definition) is 1. The summed E-state index contributed by atoms with van der Waals surface area (Å²) >= 11 is 0. The summed E-state index contributed by atoms with van der Waals surface area (Å²) < 4.78 is 10.7. The molecular weight excluding hydrogens is 202 g/mol. The minimum Gasteiger partial charge on any atom is -0.493 e. The van der Waals surface area contributed by atoms with E-state index in [-0.39, 0.29) is 12.6 Å². The first-order valence-electron chi connectivity index (χ1n) is 5.16. The summed E-state index contributed by atoms with van der Waals surface area (Å²) in [5.41, 5.74) is 6.79. The number of para-hydroxylation sites is 1. The number of benzene rings is 1. The van der Waals surface area contributed by atoms with Crippen LogP contribution in [0.5, 0.6) is 11.5 Å². The van der Waals surface area contributed by atoms with Gasteiger partial charge in [0.2, 0.25) is 0 Å². The average molecular weight is 219 g/mol. The lowest BCUT2D eigenvalue weighted by atomic mass is 10.1. The normalized spacial score (nSPS) is 11.6. The van der Waals surface area contributed by atoms with Crippen molar-refractivity contribution in [2.45, 2.75) is 19.4 Å². The van der Waals surface area contributed by atoms with Gasteiger partial charge >= 0.3 is 0 Å². The van der Waals surface area contributed by atoms with Crippen LogP contribution in [0.15, 0.2) is 18.2 Å².